The molecule has 0 radical (unpaired) electrons. The maximum atomic E-state index is 11.0. The normalized spacial score (nSPS) is 13.9. The van der Waals surface area contributed by atoms with Crippen LogP contribution >= 0.6 is 0 Å². The third-order valence-corrected chi connectivity index (χ3v) is 5.17. The van der Waals surface area contributed by atoms with Gasteiger partial charge in [0.05, 0.1) is 19.3 Å². The third-order valence-electron chi connectivity index (χ3n) is 5.17. The van der Waals surface area contributed by atoms with Crippen molar-refractivity contribution in [1.29, 1.82) is 0 Å². The highest BCUT2D eigenvalue weighted by atomic mass is 16.5. The van der Waals surface area contributed by atoms with Gasteiger partial charge < -0.3 is 14.9 Å². The molecule has 0 bridgehead atoms. The van der Waals surface area contributed by atoms with Crippen LogP contribution in [-0.2, 0) is 9.53 Å². The van der Waals surface area contributed by atoms with E-state index < -0.39 is 0 Å². The van der Waals surface area contributed by atoms with E-state index in [1.165, 1.54) is 26.4 Å². The summed E-state index contributed by atoms with van der Waals surface area (Å²) in [7, 11) is 1.43. The van der Waals surface area contributed by atoms with Gasteiger partial charge in [0.25, 0.3) is 0 Å². The van der Waals surface area contributed by atoms with Crippen molar-refractivity contribution < 1.29 is 19.7 Å². The van der Waals surface area contributed by atoms with Gasteiger partial charge in [-0.3, -0.25) is 4.79 Å². The van der Waals surface area contributed by atoms with Gasteiger partial charge in [0, 0.05) is 6.42 Å². The Labute approximate surface area is 179 Å². The number of rotatable bonds is 20. The summed E-state index contributed by atoms with van der Waals surface area (Å²) in [5, 5.41) is 19.9. The Balaban J connectivity index is 3.45. The fourth-order valence-corrected chi connectivity index (χ4v) is 3.26. The lowest BCUT2D eigenvalue weighted by atomic mass is 10.1. The van der Waals surface area contributed by atoms with Gasteiger partial charge in [0.2, 0.25) is 0 Å². The maximum absolute atomic E-state index is 11.0. The minimum atomic E-state index is -0.343. The molecule has 0 saturated carbocycles. The zero-order valence-electron chi connectivity index (χ0n) is 19.0. The van der Waals surface area contributed by atoms with Crippen molar-refractivity contribution in [3.63, 3.8) is 0 Å². The molecule has 0 aromatic carbocycles. The minimum Gasteiger partial charge on any atom is -0.469 e. The number of hydrogen-bond acceptors (Lipinski definition) is 4. The van der Waals surface area contributed by atoms with Gasteiger partial charge in [0.1, 0.15) is 0 Å². The number of esters is 1. The SMILES string of the molecule is CCCCC/C=C/C(O)CCCCC/C=C/C(O)CCCCCCCC(=O)OC. The first-order valence-electron chi connectivity index (χ1n) is 11.9. The van der Waals surface area contributed by atoms with Crippen LogP contribution in [0.1, 0.15) is 110 Å². The first-order valence-corrected chi connectivity index (χ1v) is 11.9. The van der Waals surface area contributed by atoms with E-state index in [0.29, 0.717) is 6.42 Å². The number of hydrogen-bond donors (Lipinski definition) is 2. The molecule has 29 heavy (non-hydrogen) atoms. The molecule has 170 valence electrons. The molecule has 4 nitrogen and oxygen atoms in total. The van der Waals surface area contributed by atoms with Crippen LogP contribution in [0.25, 0.3) is 0 Å². The molecule has 0 aliphatic heterocycles. The number of carbonyl (C=O) groups excluding carboxylic acids is 1. The standard InChI is InChI=1S/C25H46O4/c1-3-4-5-8-13-18-23(26)19-14-9-6-10-15-20-24(27)21-16-11-7-12-17-22-25(28)29-2/h13,15,18,20,23-24,26-27H,3-12,14,16-17,19,21-22H2,1-2H3/b18-13+,20-15+. The lowest BCUT2D eigenvalue weighted by Gasteiger charge is -2.06. The van der Waals surface area contributed by atoms with E-state index in [2.05, 4.69) is 23.8 Å². The average Bonchev–Trinajstić information content (AvgIpc) is 2.71. The summed E-state index contributed by atoms with van der Waals surface area (Å²) >= 11 is 0. The first-order chi connectivity index (χ1) is 14.1. The summed E-state index contributed by atoms with van der Waals surface area (Å²) in [6.45, 7) is 2.20. The molecule has 0 aliphatic carbocycles. The van der Waals surface area contributed by atoms with Gasteiger partial charge >= 0.3 is 5.97 Å². The fraction of sp³-hybridized carbons (Fsp3) is 0.800. The molecular weight excluding hydrogens is 364 g/mol. The van der Waals surface area contributed by atoms with E-state index in [1.807, 2.05) is 12.2 Å². The van der Waals surface area contributed by atoms with Crippen LogP contribution in [0.5, 0.6) is 0 Å². The molecule has 0 rings (SSSR count). The second kappa shape index (κ2) is 21.6. The molecule has 4 heteroatoms. The van der Waals surface area contributed by atoms with Crippen LogP contribution in [0.4, 0.5) is 0 Å². The van der Waals surface area contributed by atoms with Crippen LogP contribution in [0.3, 0.4) is 0 Å². The van der Waals surface area contributed by atoms with Crippen molar-refractivity contribution in [2.45, 2.75) is 122 Å². The molecule has 0 aromatic rings. The molecule has 2 unspecified atom stereocenters. The van der Waals surface area contributed by atoms with E-state index in [0.717, 1.165) is 77.0 Å². The van der Waals surface area contributed by atoms with Crippen molar-refractivity contribution in [1.82, 2.24) is 0 Å². The Morgan fingerprint density at radius 1 is 0.759 bits per heavy atom. The van der Waals surface area contributed by atoms with Crippen molar-refractivity contribution in [2.24, 2.45) is 0 Å². The second-order valence-corrected chi connectivity index (χ2v) is 8.01. The summed E-state index contributed by atoms with van der Waals surface area (Å²) in [6, 6.07) is 0. The molecule has 0 heterocycles. The Morgan fingerprint density at radius 2 is 1.24 bits per heavy atom. The summed E-state index contributed by atoms with van der Waals surface area (Å²) in [5.41, 5.74) is 0. The predicted molar refractivity (Wildman–Crippen MR) is 122 cm³/mol. The molecule has 0 aliphatic rings. The van der Waals surface area contributed by atoms with E-state index in [4.69, 9.17) is 0 Å². The molecular formula is C25H46O4. The van der Waals surface area contributed by atoms with Crippen LogP contribution in [-0.4, -0.2) is 35.5 Å². The number of unbranched alkanes of at least 4 members (excludes halogenated alkanes) is 10. The quantitative estimate of drug-likeness (QED) is 0.141. The van der Waals surface area contributed by atoms with Crippen molar-refractivity contribution in [3.8, 4) is 0 Å². The van der Waals surface area contributed by atoms with Crippen molar-refractivity contribution >= 4 is 5.97 Å². The lowest BCUT2D eigenvalue weighted by Crippen LogP contribution is -2.02. The Hall–Kier alpha value is -1.13. The summed E-state index contributed by atoms with van der Waals surface area (Å²) < 4.78 is 4.62. The number of aliphatic hydroxyl groups is 2. The Morgan fingerprint density at radius 3 is 1.79 bits per heavy atom. The molecule has 0 amide bonds. The topological polar surface area (TPSA) is 66.8 Å². The van der Waals surface area contributed by atoms with Gasteiger partial charge in [-0.1, -0.05) is 82.6 Å². The van der Waals surface area contributed by atoms with Gasteiger partial charge in [0.15, 0.2) is 0 Å². The number of allylic oxidation sites excluding steroid dienone is 2. The van der Waals surface area contributed by atoms with Crippen LogP contribution in [0, 0.1) is 0 Å². The fourth-order valence-electron chi connectivity index (χ4n) is 3.26. The highest BCUT2D eigenvalue weighted by molar-refractivity contribution is 5.68. The van der Waals surface area contributed by atoms with Crippen LogP contribution < -0.4 is 0 Å². The molecule has 0 saturated heterocycles. The summed E-state index contributed by atoms with van der Waals surface area (Å²) in [4.78, 5) is 11.0. The predicted octanol–water partition coefficient (Wildman–Crippen LogP) is 6.26. The van der Waals surface area contributed by atoms with E-state index in [9.17, 15) is 15.0 Å². The minimum absolute atomic E-state index is 0.128. The number of carbonyl (C=O) groups is 1. The van der Waals surface area contributed by atoms with Crippen LogP contribution in [0.15, 0.2) is 24.3 Å². The second-order valence-electron chi connectivity index (χ2n) is 8.01. The summed E-state index contributed by atoms with van der Waals surface area (Å²) in [5.74, 6) is -0.128. The maximum Gasteiger partial charge on any atom is 0.305 e. The summed E-state index contributed by atoms with van der Waals surface area (Å²) in [6.07, 6.45) is 23.8. The van der Waals surface area contributed by atoms with Crippen molar-refractivity contribution in [2.75, 3.05) is 7.11 Å². The first kappa shape index (κ1) is 27.9. The number of methoxy groups -OCH3 is 1. The average molecular weight is 411 g/mol. The van der Waals surface area contributed by atoms with Gasteiger partial charge in [-0.25, -0.2) is 0 Å². The highest BCUT2D eigenvalue weighted by Crippen LogP contribution is 2.11. The molecule has 0 aromatic heterocycles. The monoisotopic (exact) mass is 410 g/mol. The zero-order chi connectivity index (χ0) is 21.6. The molecule has 0 spiro atoms. The van der Waals surface area contributed by atoms with E-state index >= 15 is 0 Å². The van der Waals surface area contributed by atoms with Gasteiger partial charge in [-0.05, 0) is 44.9 Å². The van der Waals surface area contributed by atoms with Crippen molar-refractivity contribution in [3.05, 3.63) is 24.3 Å². The molecule has 0 fully saturated rings. The largest absolute Gasteiger partial charge is 0.469 e. The Kier molecular flexibility index (Phi) is 20.7. The highest BCUT2D eigenvalue weighted by Gasteiger charge is 2.02. The smallest absolute Gasteiger partial charge is 0.305 e. The van der Waals surface area contributed by atoms with Gasteiger partial charge in [-0.2, -0.15) is 0 Å². The lowest BCUT2D eigenvalue weighted by molar-refractivity contribution is -0.140. The van der Waals surface area contributed by atoms with E-state index in [-0.39, 0.29) is 18.2 Å². The van der Waals surface area contributed by atoms with Gasteiger partial charge in [-0.15, -0.1) is 0 Å². The number of ether oxygens (including phenoxy) is 1. The molecule has 2 N–H and O–H groups in total. The van der Waals surface area contributed by atoms with Crippen LogP contribution in [0.2, 0.25) is 0 Å². The Bertz CT molecular complexity index is 417. The zero-order valence-corrected chi connectivity index (χ0v) is 19.0. The third kappa shape index (κ3) is 21.4. The van der Waals surface area contributed by atoms with E-state index in [1.54, 1.807) is 0 Å². The number of aliphatic hydroxyl groups excluding tert-OH is 2. The molecule has 2 atom stereocenters.